The summed E-state index contributed by atoms with van der Waals surface area (Å²) < 4.78 is 24.7. The minimum absolute atomic E-state index is 0.0792. The van der Waals surface area contributed by atoms with E-state index in [0.717, 1.165) is 49.1 Å². The first-order chi connectivity index (χ1) is 7.67. The lowest BCUT2D eigenvalue weighted by Crippen LogP contribution is -2.70. The number of thiazole rings is 1. The number of hydrogen-bond donors (Lipinski definition) is 1. The van der Waals surface area contributed by atoms with Gasteiger partial charge in [0.2, 0.25) is 0 Å². The molecule has 3 nitrogen and oxygen atoms in total. The Kier molecular flexibility index (Phi) is 2.45. The second-order valence-corrected chi connectivity index (χ2v) is 5.85. The zero-order chi connectivity index (χ0) is 11.2. The summed E-state index contributed by atoms with van der Waals surface area (Å²) in [5.74, 6) is 0. The molecular formula is C10H13F2N3S. The van der Waals surface area contributed by atoms with Crippen molar-refractivity contribution in [2.75, 3.05) is 26.2 Å². The van der Waals surface area contributed by atoms with E-state index >= 15 is 0 Å². The predicted molar refractivity (Wildman–Crippen MR) is 57.7 cm³/mol. The molecule has 2 saturated heterocycles. The van der Waals surface area contributed by atoms with Gasteiger partial charge in [-0.05, 0) is 0 Å². The number of nitrogens with one attached hydrogen (secondary N) is 1. The molecule has 0 unspecified atom stereocenters. The van der Waals surface area contributed by atoms with Crippen LogP contribution in [0, 0.1) is 5.41 Å². The highest BCUT2D eigenvalue weighted by molar-refractivity contribution is 7.11. The maximum Gasteiger partial charge on any atom is 0.274 e. The Bertz CT molecular complexity index is 381. The average molecular weight is 245 g/mol. The first-order valence-electron chi connectivity index (χ1n) is 5.33. The molecule has 1 aromatic rings. The van der Waals surface area contributed by atoms with E-state index in [2.05, 4.69) is 15.2 Å². The summed E-state index contributed by atoms with van der Waals surface area (Å²) in [5.41, 5.74) is 0.489. The maximum atomic E-state index is 12.3. The molecule has 0 aromatic carbocycles. The Balaban J connectivity index is 1.55. The number of aromatic nitrogens is 1. The van der Waals surface area contributed by atoms with Gasteiger partial charge in [0, 0.05) is 37.8 Å². The van der Waals surface area contributed by atoms with Crippen molar-refractivity contribution in [2.45, 2.75) is 13.0 Å². The highest BCUT2D eigenvalue weighted by Crippen LogP contribution is 2.35. The number of hydrogen-bond acceptors (Lipinski definition) is 4. The Morgan fingerprint density at radius 2 is 2.25 bits per heavy atom. The zero-order valence-electron chi connectivity index (χ0n) is 8.75. The molecule has 1 aromatic heterocycles. The maximum absolute atomic E-state index is 12.3. The second-order valence-electron chi connectivity index (χ2n) is 4.71. The molecule has 1 N–H and O–H groups in total. The van der Waals surface area contributed by atoms with Gasteiger partial charge < -0.3 is 5.32 Å². The van der Waals surface area contributed by atoms with Crippen LogP contribution in [0.15, 0.2) is 6.20 Å². The Morgan fingerprint density at radius 3 is 2.75 bits per heavy atom. The third-order valence-corrected chi connectivity index (χ3v) is 4.25. The quantitative estimate of drug-likeness (QED) is 0.874. The summed E-state index contributed by atoms with van der Waals surface area (Å²) in [5, 5.41) is 4.07. The van der Waals surface area contributed by atoms with Crippen LogP contribution in [-0.4, -0.2) is 36.1 Å². The number of nitrogens with zero attached hydrogens (tertiary/aromatic N) is 2. The summed E-state index contributed by atoms with van der Waals surface area (Å²) in [6.07, 6.45) is -1.09. The van der Waals surface area contributed by atoms with Crippen LogP contribution in [0.4, 0.5) is 8.78 Å². The molecule has 0 bridgehead atoms. The first kappa shape index (κ1) is 10.6. The fourth-order valence-electron chi connectivity index (χ4n) is 2.41. The van der Waals surface area contributed by atoms with Gasteiger partial charge in [-0.15, -0.1) is 11.3 Å². The fourth-order valence-corrected chi connectivity index (χ4v) is 3.23. The van der Waals surface area contributed by atoms with Crippen LogP contribution in [0.3, 0.4) is 0 Å². The molecule has 2 aliphatic rings. The molecule has 2 aliphatic heterocycles. The Morgan fingerprint density at radius 1 is 1.50 bits per heavy atom. The molecule has 0 amide bonds. The SMILES string of the molecule is FC(F)c1cnc(CN2CC3(CNC3)C2)s1. The van der Waals surface area contributed by atoms with Crippen LogP contribution in [-0.2, 0) is 6.54 Å². The van der Waals surface area contributed by atoms with E-state index in [4.69, 9.17) is 0 Å². The van der Waals surface area contributed by atoms with Gasteiger partial charge in [-0.3, -0.25) is 4.90 Å². The third kappa shape index (κ3) is 1.74. The van der Waals surface area contributed by atoms with Crippen molar-refractivity contribution in [3.63, 3.8) is 0 Å². The van der Waals surface area contributed by atoms with Crippen molar-refractivity contribution in [1.29, 1.82) is 0 Å². The summed E-state index contributed by atoms with van der Waals surface area (Å²) in [4.78, 5) is 6.38. The monoisotopic (exact) mass is 245 g/mol. The van der Waals surface area contributed by atoms with Gasteiger partial charge in [0.05, 0.1) is 11.4 Å². The molecule has 3 rings (SSSR count). The van der Waals surface area contributed by atoms with Crippen LogP contribution >= 0.6 is 11.3 Å². The first-order valence-corrected chi connectivity index (χ1v) is 6.14. The standard InChI is InChI=1S/C10H13F2N3S/c11-9(12)7-1-14-8(16-7)2-15-5-10(6-15)3-13-4-10/h1,9,13H,2-6H2. The van der Waals surface area contributed by atoms with Gasteiger partial charge in [0.25, 0.3) is 6.43 Å². The number of alkyl halides is 2. The molecule has 0 saturated carbocycles. The number of halogens is 2. The molecular weight excluding hydrogens is 232 g/mol. The van der Waals surface area contributed by atoms with Crippen LogP contribution in [0.2, 0.25) is 0 Å². The molecule has 0 atom stereocenters. The van der Waals surface area contributed by atoms with Crippen LogP contribution in [0.5, 0.6) is 0 Å². The van der Waals surface area contributed by atoms with Gasteiger partial charge >= 0.3 is 0 Å². The highest BCUT2D eigenvalue weighted by Gasteiger charge is 2.47. The van der Waals surface area contributed by atoms with E-state index in [-0.39, 0.29) is 4.88 Å². The average Bonchev–Trinajstić information content (AvgIpc) is 2.55. The van der Waals surface area contributed by atoms with Gasteiger partial charge in [-0.25, -0.2) is 13.8 Å². The van der Waals surface area contributed by atoms with Crippen molar-refractivity contribution in [1.82, 2.24) is 15.2 Å². The smallest absolute Gasteiger partial charge is 0.274 e. The predicted octanol–water partition coefficient (Wildman–Crippen LogP) is 1.49. The largest absolute Gasteiger partial charge is 0.315 e. The molecule has 88 valence electrons. The fraction of sp³-hybridized carbons (Fsp3) is 0.700. The van der Waals surface area contributed by atoms with E-state index in [1.165, 1.54) is 6.20 Å². The van der Waals surface area contributed by atoms with E-state index in [0.29, 0.717) is 5.41 Å². The summed E-state index contributed by atoms with van der Waals surface area (Å²) in [6.45, 7) is 5.07. The van der Waals surface area contributed by atoms with E-state index in [1.807, 2.05) is 0 Å². The van der Waals surface area contributed by atoms with Crippen LogP contribution in [0.1, 0.15) is 16.3 Å². The molecule has 1 spiro atoms. The van der Waals surface area contributed by atoms with Gasteiger partial charge in [0.15, 0.2) is 0 Å². The van der Waals surface area contributed by atoms with Crippen molar-refractivity contribution < 1.29 is 8.78 Å². The summed E-state index contributed by atoms with van der Waals surface area (Å²) in [6, 6.07) is 0. The molecule has 3 heterocycles. The highest BCUT2D eigenvalue weighted by atomic mass is 32.1. The molecule has 0 radical (unpaired) electrons. The summed E-state index contributed by atoms with van der Waals surface area (Å²) in [7, 11) is 0. The third-order valence-electron chi connectivity index (χ3n) is 3.26. The van der Waals surface area contributed by atoms with Gasteiger partial charge in [0.1, 0.15) is 5.01 Å². The zero-order valence-corrected chi connectivity index (χ0v) is 9.57. The Labute approximate surface area is 96.5 Å². The van der Waals surface area contributed by atoms with Crippen LogP contribution < -0.4 is 5.32 Å². The van der Waals surface area contributed by atoms with Gasteiger partial charge in [-0.1, -0.05) is 0 Å². The Hall–Kier alpha value is -0.590. The summed E-state index contributed by atoms with van der Waals surface area (Å²) >= 11 is 1.13. The van der Waals surface area contributed by atoms with Gasteiger partial charge in [-0.2, -0.15) is 0 Å². The topological polar surface area (TPSA) is 28.2 Å². The van der Waals surface area contributed by atoms with Crippen molar-refractivity contribution in [3.05, 3.63) is 16.1 Å². The molecule has 0 aliphatic carbocycles. The van der Waals surface area contributed by atoms with Crippen LogP contribution in [0.25, 0.3) is 0 Å². The number of likely N-dealkylation sites (tertiary alicyclic amines) is 1. The van der Waals surface area contributed by atoms with Crippen molar-refractivity contribution in [3.8, 4) is 0 Å². The normalized spacial score (nSPS) is 23.4. The molecule has 2 fully saturated rings. The lowest BCUT2D eigenvalue weighted by Gasteiger charge is -2.56. The lowest BCUT2D eigenvalue weighted by atomic mass is 9.74. The van der Waals surface area contributed by atoms with E-state index in [1.54, 1.807) is 0 Å². The lowest BCUT2D eigenvalue weighted by molar-refractivity contribution is -0.0444. The van der Waals surface area contributed by atoms with E-state index in [9.17, 15) is 8.78 Å². The molecule has 6 heteroatoms. The molecule has 16 heavy (non-hydrogen) atoms. The van der Waals surface area contributed by atoms with Crippen molar-refractivity contribution in [2.24, 2.45) is 5.41 Å². The minimum Gasteiger partial charge on any atom is -0.315 e. The minimum atomic E-state index is -2.38. The number of rotatable bonds is 3. The van der Waals surface area contributed by atoms with Crippen molar-refractivity contribution >= 4 is 11.3 Å². The van der Waals surface area contributed by atoms with E-state index < -0.39 is 6.43 Å². The second kappa shape index (κ2) is 3.72.